The van der Waals surface area contributed by atoms with Crippen molar-refractivity contribution in [2.75, 3.05) is 0 Å². The van der Waals surface area contributed by atoms with E-state index >= 15 is 0 Å². The molecule has 0 spiro atoms. The van der Waals surface area contributed by atoms with Crippen LogP contribution in [0.25, 0.3) is 0 Å². The van der Waals surface area contributed by atoms with Gasteiger partial charge in [0, 0.05) is 10.0 Å². The maximum absolute atomic E-state index is 12.1. The molecule has 1 aliphatic rings. The van der Waals surface area contributed by atoms with E-state index in [0.717, 1.165) is 10.0 Å². The quantitative estimate of drug-likeness (QED) is 0.638. The number of carbonyl (C=O) groups excluding carboxylic acids is 1. The van der Waals surface area contributed by atoms with Gasteiger partial charge in [-0.1, -0.05) is 58.4 Å². The van der Waals surface area contributed by atoms with Gasteiger partial charge in [-0.15, -0.1) is 0 Å². The summed E-state index contributed by atoms with van der Waals surface area (Å²) in [5, 5.41) is 0. The van der Waals surface area contributed by atoms with Gasteiger partial charge in [0.2, 0.25) is 0 Å². The fourth-order valence-electron chi connectivity index (χ4n) is 2.02. The topological polar surface area (TPSA) is 29.6 Å². The van der Waals surface area contributed by atoms with Gasteiger partial charge in [-0.2, -0.15) is 0 Å². The molecule has 0 radical (unpaired) electrons. The minimum Gasteiger partial charge on any atom is -0.356 e. The zero-order chi connectivity index (χ0) is 12.5. The second-order valence-corrected chi connectivity index (χ2v) is 5.18. The van der Waals surface area contributed by atoms with Crippen LogP contribution in [-0.2, 0) is 4.74 Å². The van der Waals surface area contributed by atoms with E-state index in [0.29, 0.717) is 5.56 Å². The second-order valence-electron chi connectivity index (χ2n) is 4.26. The van der Waals surface area contributed by atoms with Crippen molar-refractivity contribution >= 4 is 21.7 Å². The summed E-state index contributed by atoms with van der Waals surface area (Å²) in [5.74, 6) is 0.0561. The fourth-order valence-corrected chi connectivity index (χ4v) is 2.43. The van der Waals surface area contributed by atoms with Gasteiger partial charge in [-0.3, -0.25) is 4.79 Å². The van der Waals surface area contributed by atoms with Gasteiger partial charge in [-0.25, -0.2) is 0 Å². The zero-order valence-corrected chi connectivity index (χ0v) is 11.1. The first-order valence-corrected chi connectivity index (χ1v) is 6.55. The van der Waals surface area contributed by atoms with Crippen molar-refractivity contribution in [1.29, 1.82) is 0 Å². The molecule has 2 atom stereocenters. The molecular weight excluding hydrogens is 292 g/mol. The molecule has 0 N–H and O–H groups in total. The van der Waals surface area contributed by atoms with E-state index in [4.69, 9.17) is 4.74 Å². The lowest BCUT2D eigenvalue weighted by molar-refractivity contribution is 0.0953. The van der Waals surface area contributed by atoms with Crippen molar-refractivity contribution < 1.29 is 9.53 Å². The Hall–Kier alpha value is -1.45. The molecule has 3 rings (SSSR count). The summed E-state index contributed by atoms with van der Waals surface area (Å²) in [4.78, 5) is 12.1. The van der Waals surface area contributed by atoms with Crippen LogP contribution in [0, 0.1) is 0 Å². The van der Waals surface area contributed by atoms with Gasteiger partial charge < -0.3 is 4.74 Å². The van der Waals surface area contributed by atoms with Crippen molar-refractivity contribution in [3.05, 3.63) is 70.2 Å². The van der Waals surface area contributed by atoms with Gasteiger partial charge in [0.15, 0.2) is 11.9 Å². The lowest BCUT2D eigenvalue weighted by atomic mass is 10.0. The van der Waals surface area contributed by atoms with E-state index in [1.54, 1.807) is 0 Å². The van der Waals surface area contributed by atoms with E-state index in [2.05, 4.69) is 15.9 Å². The number of epoxide rings is 1. The highest BCUT2D eigenvalue weighted by molar-refractivity contribution is 9.10. The summed E-state index contributed by atoms with van der Waals surface area (Å²) < 4.78 is 6.51. The number of carbonyl (C=O) groups is 1. The lowest BCUT2D eigenvalue weighted by Gasteiger charge is -1.98. The monoisotopic (exact) mass is 302 g/mol. The Morgan fingerprint density at radius 2 is 1.83 bits per heavy atom. The Labute approximate surface area is 114 Å². The highest BCUT2D eigenvalue weighted by atomic mass is 79.9. The Kier molecular flexibility index (Phi) is 3.02. The summed E-state index contributed by atoms with van der Waals surface area (Å²) in [6, 6.07) is 17.1. The minimum atomic E-state index is -0.332. The first-order chi connectivity index (χ1) is 8.75. The van der Waals surface area contributed by atoms with Crippen LogP contribution in [0.3, 0.4) is 0 Å². The molecule has 0 aromatic heterocycles. The Morgan fingerprint density at radius 3 is 2.56 bits per heavy atom. The average molecular weight is 303 g/mol. The van der Waals surface area contributed by atoms with Gasteiger partial charge in [-0.05, 0) is 17.7 Å². The SMILES string of the molecule is O=C(c1ccccc1)[C@H]1O[C@H]1c1cccc(Br)c1. The van der Waals surface area contributed by atoms with Gasteiger partial charge in [0.1, 0.15) is 6.10 Å². The molecule has 2 aromatic carbocycles. The third-order valence-electron chi connectivity index (χ3n) is 2.99. The second kappa shape index (κ2) is 4.67. The summed E-state index contributed by atoms with van der Waals surface area (Å²) in [6.45, 7) is 0. The molecule has 0 saturated carbocycles. The molecule has 18 heavy (non-hydrogen) atoms. The highest BCUT2D eigenvalue weighted by Crippen LogP contribution is 2.41. The Bertz CT molecular complexity index is 580. The molecule has 90 valence electrons. The highest BCUT2D eigenvalue weighted by Gasteiger charge is 2.46. The summed E-state index contributed by atoms with van der Waals surface area (Å²) >= 11 is 3.42. The summed E-state index contributed by atoms with van der Waals surface area (Å²) in [7, 11) is 0. The van der Waals surface area contributed by atoms with Crippen molar-refractivity contribution in [2.24, 2.45) is 0 Å². The third kappa shape index (κ3) is 2.24. The molecule has 0 aliphatic carbocycles. The molecular formula is C15H11BrO2. The molecule has 0 bridgehead atoms. The number of ether oxygens (including phenoxy) is 1. The van der Waals surface area contributed by atoms with E-state index in [-0.39, 0.29) is 18.0 Å². The van der Waals surface area contributed by atoms with Gasteiger partial charge >= 0.3 is 0 Å². The minimum absolute atomic E-state index is 0.0561. The molecule has 0 unspecified atom stereocenters. The van der Waals surface area contributed by atoms with Crippen LogP contribution in [0.2, 0.25) is 0 Å². The van der Waals surface area contributed by atoms with Crippen LogP contribution in [0.15, 0.2) is 59.1 Å². The smallest absolute Gasteiger partial charge is 0.194 e. The predicted molar refractivity (Wildman–Crippen MR) is 72.5 cm³/mol. The number of hydrogen-bond acceptors (Lipinski definition) is 2. The van der Waals surface area contributed by atoms with Crippen molar-refractivity contribution in [3.8, 4) is 0 Å². The summed E-state index contributed by atoms with van der Waals surface area (Å²) in [6.07, 6.45) is -0.433. The maximum atomic E-state index is 12.1. The van der Waals surface area contributed by atoms with Gasteiger partial charge in [0.25, 0.3) is 0 Å². The normalized spacial score (nSPS) is 21.6. The van der Waals surface area contributed by atoms with Crippen LogP contribution in [0.4, 0.5) is 0 Å². The number of hydrogen-bond donors (Lipinski definition) is 0. The third-order valence-corrected chi connectivity index (χ3v) is 3.48. The Balaban J connectivity index is 1.77. The van der Waals surface area contributed by atoms with E-state index < -0.39 is 0 Å². The lowest BCUT2D eigenvalue weighted by Crippen LogP contribution is -2.07. The van der Waals surface area contributed by atoms with Crippen LogP contribution < -0.4 is 0 Å². The summed E-state index contributed by atoms with van der Waals surface area (Å²) in [5.41, 5.74) is 1.75. The van der Waals surface area contributed by atoms with Crippen molar-refractivity contribution in [3.63, 3.8) is 0 Å². The van der Waals surface area contributed by atoms with Crippen LogP contribution >= 0.6 is 15.9 Å². The average Bonchev–Trinajstić information content (AvgIpc) is 3.19. The van der Waals surface area contributed by atoms with Crippen LogP contribution in [0.1, 0.15) is 22.0 Å². The first kappa shape index (κ1) is 11.6. The van der Waals surface area contributed by atoms with E-state index in [1.807, 2.05) is 54.6 Å². The molecule has 2 aromatic rings. The molecule has 1 heterocycles. The number of rotatable bonds is 3. The number of halogens is 1. The van der Waals surface area contributed by atoms with E-state index in [9.17, 15) is 4.79 Å². The molecule has 2 nitrogen and oxygen atoms in total. The van der Waals surface area contributed by atoms with Crippen molar-refractivity contribution in [1.82, 2.24) is 0 Å². The van der Waals surface area contributed by atoms with Crippen LogP contribution in [0.5, 0.6) is 0 Å². The standard InChI is InChI=1S/C15H11BrO2/c16-12-8-4-7-11(9-12)14-15(18-14)13(17)10-5-2-1-3-6-10/h1-9,14-15H/t14-,15+/m0/s1. The fraction of sp³-hybridized carbons (Fsp3) is 0.133. The number of benzene rings is 2. The molecule has 3 heteroatoms. The molecule has 1 aliphatic heterocycles. The molecule has 1 saturated heterocycles. The van der Waals surface area contributed by atoms with Gasteiger partial charge in [0.05, 0.1) is 0 Å². The zero-order valence-electron chi connectivity index (χ0n) is 9.55. The predicted octanol–water partition coefficient (Wildman–Crippen LogP) is 3.77. The maximum Gasteiger partial charge on any atom is 0.194 e. The Morgan fingerprint density at radius 1 is 1.06 bits per heavy atom. The van der Waals surface area contributed by atoms with Crippen LogP contribution in [-0.4, -0.2) is 11.9 Å². The van der Waals surface area contributed by atoms with Crippen molar-refractivity contribution in [2.45, 2.75) is 12.2 Å². The number of ketones is 1. The molecule has 1 fully saturated rings. The largest absolute Gasteiger partial charge is 0.356 e. The molecule has 0 amide bonds. The first-order valence-electron chi connectivity index (χ1n) is 5.76. The van der Waals surface area contributed by atoms with E-state index in [1.165, 1.54) is 0 Å². The number of Topliss-reactive ketones (excluding diaryl/α,β-unsaturated/α-hetero) is 1.